The highest BCUT2D eigenvalue weighted by atomic mass is 16.5. The maximum absolute atomic E-state index is 11.5. The Bertz CT molecular complexity index is 704. The standard InChI is InChI=1S/C22H29NO3/c1-23(2)15-19-14-21(26-16-17-7-4-3-5-8-17)11-12-22(19,25)18-9-6-10-20(24)13-18/h3-10,13,19,21,24-25H,11-12,14-16H2,1-2H3/t19-,21+,22+/m0/s1. The molecule has 0 amide bonds. The zero-order valence-electron chi connectivity index (χ0n) is 15.6. The predicted octanol–water partition coefficient (Wildman–Crippen LogP) is 3.53. The average molecular weight is 355 g/mol. The number of ether oxygens (including phenoxy) is 1. The van der Waals surface area contributed by atoms with E-state index in [2.05, 4.69) is 17.0 Å². The molecule has 4 heteroatoms. The van der Waals surface area contributed by atoms with E-state index in [-0.39, 0.29) is 17.8 Å². The molecule has 26 heavy (non-hydrogen) atoms. The molecule has 0 radical (unpaired) electrons. The van der Waals surface area contributed by atoms with Crippen molar-refractivity contribution < 1.29 is 14.9 Å². The van der Waals surface area contributed by atoms with Crippen LogP contribution in [0, 0.1) is 5.92 Å². The number of aromatic hydroxyl groups is 1. The maximum Gasteiger partial charge on any atom is 0.115 e. The monoisotopic (exact) mass is 355 g/mol. The Morgan fingerprint density at radius 1 is 1.12 bits per heavy atom. The molecular formula is C22H29NO3. The third-order valence-electron chi connectivity index (χ3n) is 5.33. The van der Waals surface area contributed by atoms with Crippen LogP contribution in [-0.2, 0) is 16.9 Å². The Balaban J connectivity index is 1.72. The fraction of sp³-hybridized carbons (Fsp3) is 0.455. The van der Waals surface area contributed by atoms with Crippen LogP contribution in [0.4, 0.5) is 0 Å². The van der Waals surface area contributed by atoms with Gasteiger partial charge in [0, 0.05) is 12.5 Å². The molecule has 140 valence electrons. The first-order valence-electron chi connectivity index (χ1n) is 9.29. The summed E-state index contributed by atoms with van der Waals surface area (Å²) in [6.45, 7) is 1.38. The van der Waals surface area contributed by atoms with Gasteiger partial charge in [-0.1, -0.05) is 42.5 Å². The summed E-state index contributed by atoms with van der Waals surface area (Å²) in [5.41, 5.74) is 1.03. The van der Waals surface area contributed by atoms with Gasteiger partial charge in [0.15, 0.2) is 0 Å². The van der Waals surface area contributed by atoms with Gasteiger partial charge in [-0.05, 0) is 56.6 Å². The average Bonchev–Trinajstić information content (AvgIpc) is 2.63. The smallest absolute Gasteiger partial charge is 0.115 e. The van der Waals surface area contributed by atoms with E-state index in [0.29, 0.717) is 13.0 Å². The predicted molar refractivity (Wildman–Crippen MR) is 103 cm³/mol. The van der Waals surface area contributed by atoms with Gasteiger partial charge < -0.3 is 19.8 Å². The van der Waals surface area contributed by atoms with Crippen molar-refractivity contribution >= 4 is 0 Å². The Kier molecular flexibility index (Phi) is 5.97. The molecule has 1 aliphatic rings. The number of rotatable bonds is 6. The second-order valence-electron chi connectivity index (χ2n) is 7.63. The summed E-state index contributed by atoms with van der Waals surface area (Å²) in [4.78, 5) is 2.11. The zero-order valence-corrected chi connectivity index (χ0v) is 15.6. The number of phenolic OH excluding ortho intramolecular Hbond substituents is 1. The van der Waals surface area contributed by atoms with Gasteiger partial charge in [0.1, 0.15) is 5.75 Å². The van der Waals surface area contributed by atoms with E-state index in [4.69, 9.17) is 4.74 Å². The van der Waals surface area contributed by atoms with Crippen molar-refractivity contribution in [2.45, 2.75) is 37.6 Å². The molecule has 0 aliphatic heterocycles. The number of phenols is 1. The van der Waals surface area contributed by atoms with Crippen molar-refractivity contribution in [3.63, 3.8) is 0 Å². The summed E-state index contributed by atoms with van der Waals surface area (Å²) in [7, 11) is 4.05. The molecule has 1 aliphatic carbocycles. The number of hydrogen-bond acceptors (Lipinski definition) is 4. The maximum atomic E-state index is 11.5. The first-order valence-corrected chi connectivity index (χ1v) is 9.29. The number of nitrogens with zero attached hydrogens (tertiary/aromatic N) is 1. The first kappa shape index (κ1) is 18.9. The van der Waals surface area contributed by atoms with Crippen molar-refractivity contribution in [2.24, 2.45) is 5.92 Å². The van der Waals surface area contributed by atoms with E-state index in [9.17, 15) is 10.2 Å². The Morgan fingerprint density at radius 2 is 1.88 bits per heavy atom. The van der Waals surface area contributed by atoms with Gasteiger partial charge in [-0.2, -0.15) is 0 Å². The molecular weight excluding hydrogens is 326 g/mol. The molecule has 2 aromatic rings. The molecule has 2 aromatic carbocycles. The second kappa shape index (κ2) is 8.21. The Morgan fingerprint density at radius 3 is 2.58 bits per heavy atom. The summed E-state index contributed by atoms with van der Waals surface area (Å²) >= 11 is 0. The van der Waals surface area contributed by atoms with Crippen LogP contribution in [0.25, 0.3) is 0 Å². The van der Waals surface area contributed by atoms with Gasteiger partial charge in [-0.3, -0.25) is 0 Å². The quantitative estimate of drug-likeness (QED) is 0.832. The largest absolute Gasteiger partial charge is 0.508 e. The van der Waals surface area contributed by atoms with Crippen LogP contribution in [0.2, 0.25) is 0 Å². The fourth-order valence-electron chi connectivity index (χ4n) is 3.98. The van der Waals surface area contributed by atoms with E-state index in [1.54, 1.807) is 18.2 Å². The molecule has 0 saturated heterocycles. The summed E-state index contributed by atoms with van der Waals surface area (Å²) in [5, 5.41) is 21.3. The van der Waals surface area contributed by atoms with Crippen molar-refractivity contribution in [1.29, 1.82) is 0 Å². The molecule has 3 atom stereocenters. The Labute approximate surface area is 156 Å². The second-order valence-corrected chi connectivity index (χ2v) is 7.63. The minimum atomic E-state index is -0.935. The summed E-state index contributed by atoms with van der Waals surface area (Å²) < 4.78 is 6.15. The van der Waals surface area contributed by atoms with Gasteiger partial charge >= 0.3 is 0 Å². The van der Waals surface area contributed by atoms with Gasteiger partial charge in [0.2, 0.25) is 0 Å². The van der Waals surface area contributed by atoms with Gasteiger partial charge in [0.25, 0.3) is 0 Å². The van der Waals surface area contributed by atoms with E-state index in [0.717, 1.165) is 24.9 Å². The molecule has 3 rings (SSSR count). The van der Waals surface area contributed by atoms with Crippen LogP contribution in [-0.4, -0.2) is 41.9 Å². The van der Waals surface area contributed by atoms with Crippen LogP contribution in [0.3, 0.4) is 0 Å². The summed E-state index contributed by atoms with van der Waals surface area (Å²) in [6.07, 6.45) is 2.38. The SMILES string of the molecule is CN(C)C[C@@H]1C[C@H](OCc2ccccc2)CC[C@@]1(O)c1cccc(O)c1. The van der Waals surface area contributed by atoms with Crippen molar-refractivity contribution in [3.05, 3.63) is 65.7 Å². The molecule has 1 saturated carbocycles. The third kappa shape index (κ3) is 4.44. The highest BCUT2D eigenvalue weighted by Crippen LogP contribution is 2.43. The lowest BCUT2D eigenvalue weighted by molar-refractivity contribution is -0.110. The van der Waals surface area contributed by atoms with Gasteiger partial charge in [-0.15, -0.1) is 0 Å². The van der Waals surface area contributed by atoms with Crippen LogP contribution >= 0.6 is 0 Å². The third-order valence-corrected chi connectivity index (χ3v) is 5.33. The van der Waals surface area contributed by atoms with Gasteiger partial charge in [0.05, 0.1) is 18.3 Å². The lowest BCUT2D eigenvalue weighted by Crippen LogP contribution is -2.46. The molecule has 0 aromatic heterocycles. The molecule has 0 heterocycles. The molecule has 4 nitrogen and oxygen atoms in total. The number of hydrogen-bond donors (Lipinski definition) is 2. The highest BCUT2D eigenvalue weighted by Gasteiger charge is 2.44. The normalized spacial score (nSPS) is 26.2. The van der Waals surface area contributed by atoms with E-state index in [1.807, 2.05) is 38.4 Å². The summed E-state index contributed by atoms with van der Waals surface area (Å²) in [6, 6.07) is 17.2. The minimum Gasteiger partial charge on any atom is -0.508 e. The van der Waals surface area contributed by atoms with Crippen LogP contribution < -0.4 is 0 Å². The van der Waals surface area contributed by atoms with Gasteiger partial charge in [-0.25, -0.2) is 0 Å². The Hall–Kier alpha value is -1.88. The highest BCUT2D eigenvalue weighted by molar-refractivity contribution is 5.32. The molecule has 0 bridgehead atoms. The van der Waals surface area contributed by atoms with E-state index >= 15 is 0 Å². The topological polar surface area (TPSA) is 52.9 Å². The molecule has 0 unspecified atom stereocenters. The molecule has 0 spiro atoms. The van der Waals surface area contributed by atoms with Crippen LogP contribution in [0.15, 0.2) is 54.6 Å². The lowest BCUT2D eigenvalue weighted by atomic mass is 9.70. The van der Waals surface area contributed by atoms with Crippen molar-refractivity contribution in [2.75, 3.05) is 20.6 Å². The van der Waals surface area contributed by atoms with Crippen LogP contribution in [0.5, 0.6) is 5.75 Å². The molecule has 2 N–H and O–H groups in total. The zero-order chi connectivity index (χ0) is 18.6. The van der Waals surface area contributed by atoms with E-state index in [1.165, 1.54) is 5.56 Å². The first-order chi connectivity index (χ1) is 12.5. The van der Waals surface area contributed by atoms with E-state index < -0.39 is 5.60 Å². The van der Waals surface area contributed by atoms with Crippen molar-refractivity contribution in [3.8, 4) is 5.75 Å². The number of aliphatic hydroxyl groups is 1. The minimum absolute atomic E-state index is 0.0498. The molecule has 1 fully saturated rings. The fourth-order valence-corrected chi connectivity index (χ4v) is 3.98. The van der Waals surface area contributed by atoms with Crippen molar-refractivity contribution in [1.82, 2.24) is 4.90 Å². The van der Waals surface area contributed by atoms with Crippen LogP contribution in [0.1, 0.15) is 30.4 Å². The summed E-state index contributed by atoms with van der Waals surface area (Å²) in [5.74, 6) is 0.246. The lowest BCUT2D eigenvalue weighted by Gasteiger charge is -2.44. The number of benzene rings is 2.